The van der Waals surface area contributed by atoms with E-state index in [9.17, 15) is 0 Å². The van der Waals surface area contributed by atoms with Crippen LogP contribution in [0, 0.1) is 0 Å². The molecular weight excluding hydrogens is 321 g/mol. The Bertz CT molecular complexity index is 622. The lowest BCUT2D eigenvalue weighted by Crippen LogP contribution is -2.16. The van der Waals surface area contributed by atoms with Gasteiger partial charge in [-0.3, -0.25) is 4.68 Å². The summed E-state index contributed by atoms with van der Waals surface area (Å²) in [4.78, 5) is 3.97. The van der Waals surface area contributed by atoms with Gasteiger partial charge in [0.25, 0.3) is 0 Å². The van der Waals surface area contributed by atoms with Gasteiger partial charge >= 0.3 is 0 Å². The molecule has 22 heavy (non-hydrogen) atoms. The zero-order valence-electron chi connectivity index (χ0n) is 12.7. The molecule has 1 aromatic carbocycles. The fraction of sp³-hybridized carbons (Fsp3) is 0.375. The Hall–Kier alpha value is -1.36. The second kappa shape index (κ2) is 8.32. The average Bonchev–Trinajstić information content (AvgIpc) is 2.95. The number of nitrogens with zero attached hydrogens (tertiary/aromatic N) is 3. The fourth-order valence-electron chi connectivity index (χ4n) is 2.06. The number of allylic oxidation sites excluding steroid dienone is 1. The SMILES string of the molecule is CC(C)=CCOCC(Cn1cncn1)c1ccc(Cl)cc1Cl. The molecule has 0 aliphatic carbocycles. The molecule has 2 rings (SSSR count). The molecule has 0 amide bonds. The molecule has 0 saturated carbocycles. The summed E-state index contributed by atoms with van der Waals surface area (Å²) in [5, 5.41) is 5.42. The van der Waals surface area contributed by atoms with Crippen molar-refractivity contribution in [3.63, 3.8) is 0 Å². The largest absolute Gasteiger partial charge is 0.377 e. The van der Waals surface area contributed by atoms with E-state index >= 15 is 0 Å². The molecular formula is C16H19Cl2N3O. The van der Waals surface area contributed by atoms with Gasteiger partial charge < -0.3 is 4.74 Å². The predicted octanol–water partition coefficient (Wildman–Crippen LogP) is 4.35. The molecule has 0 saturated heterocycles. The highest BCUT2D eigenvalue weighted by Crippen LogP contribution is 2.29. The molecule has 1 unspecified atom stereocenters. The lowest BCUT2D eigenvalue weighted by atomic mass is 10.00. The first-order chi connectivity index (χ1) is 10.6. The van der Waals surface area contributed by atoms with E-state index in [2.05, 4.69) is 16.2 Å². The van der Waals surface area contributed by atoms with Crippen molar-refractivity contribution in [2.24, 2.45) is 0 Å². The van der Waals surface area contributed by atoms with Gasteiger partial charge in [0.2, 0.25) is 0 Å². The Labute approximate surface area is 140 Å². The number of rotatable bonds is 7. The van der Waals surface area contributed by atoms with Crippen molar-refractivity contribution in [1.82, 2.24) is 14.8 Å². The van der Waals surface area contributed by atoms with E-state index in [0.29, 0.717) is 29.8 Å². The number of hydrogen-bond acceptors (Lipinski definition) is 3. The fourth-order valence-corrected chi connectivity index (χ4v) is 2.62. The minimum Gasteiger partial charge on any atom is -0.377 e. The molecule has 0 fully saturated rings. The van der Waals surface area contributed by atoms with Crippen molar-refractivity contribution in [1.29, 1.82) is 0 Å². The molecule has 2 aromatic rings. The van der Waals surface area contributed by atoms with Crippen molar-refractivity contribution in [3.8, 4) is 0 Å². The average molecular weight is 340 g/mol. The van der Waals surface area contributed by atoms with Gasteiger partial charge in [-0.25, -0.2) is 4.98 Å². The summed E-state index contributed by atoms with van der Waals surface area (Å²) in [6.07, 6.45) is 5.26. The van der Waals surface area contributed by atoms with Crippen molar-refractivity contribution in [3.05, 3.63) is 58.1 Å². The molecule has 0 aliphatic heterocycles. The van der Waals surface area contributed by atoms with E-state index in [1.54, 1.807) is 17.1 Å². The molecule has 1 atom stereocenters. The molecule has 0 aliphatic rings. The highest BCUT2D eigenvalue weighted by atomic mass is 35.5. The maximum Gasteiger partial charge on any atom is 0.137 e. The summed E-state index contributed by atoms with van der Waals surface area (Å²) in [5.74, 6) is 0.0806. The summed E-state index contributed by atoms with van der Waals surface area (Å²) < 4.78 is 7.54. The van der Waals surface area contributed by atoms with Crippen molar-refractivity contribution < 1.29 is 4.74 Å². The number of halogens is 2. The van der Waals surface area contributed by atoms with Crippen LogP contribution in [0.1, 0.15) is 25.3 Å². The number of benzene rings is 1. The van der Waals surface area contributed by atoms with Crippen LogP contribution in [0.25, 0.3) is 0 Å². The topological polar surface area (TPSA) is 39.9 Å². The maximum absolute atomic E-state index is 6.33. The Morgan fingerprint density at radius 2 is 2.18 bits per heavy atom. The van der Waals surface area contributed by atoms with Gasteiger partial charge in [0.1, 0.15) is 12.7 Å². The van der Waals surface area contributed by atoms with Crippen LogP contribution in [0.5, 0.6) is 0 Å². The van der Waals surface area contributed by atoms with Gasteiger partial charge in [0, 0.05) is 16.0 Å². The molecule has 0 spiro atoms. The third-order valence-electron chi connectivity index (χ3n) is 3.20. The Kier molecular flexibility index (Phi) is 6.43. The zero-order valence-corrected chi connectivity index (χ0v) is 14.2. The Morgan fingerprint density at radius 3 is 2.82 bits per heavy atom. The molecule has 0 radical (unpaired) electrons. The summed E-state index contributed by atoms with van der Waals surface area (Å²) in [6.45, 7) is 5.88. The molecule has 4 nitrogen and oxygen atoms in total. The number of hydrogen-bond donors (Lipinski definition) is 0. The zero-order chi connectivity index (χ0) is 15.9. The quantitative estimate of drug-likeness (QED) is 0.556. The molecule has 1 aromatic heterocycles. The van der Waals surface area contributed by atoms with Crippen LogP contribution >= 0.6 is 23.2 Å². The molecule has 1 heterocycles. The first kappa shape index (κ1) is 17.0. The highest BCUT2D eigenvalue weighted by Gasteiger charge is 2.16. The van der Waals surface area contributed by atoms with Crippen molar-refractivity contribution in [2.45, 2.75) is 26.3 Å². The second-order valence-electron chi connectivity index (χ2n) is 5.30. The van der Waals surface area contributed by atoms with Gasteiger partial charge in [-0.1, -0.05) is 40.9 Å². The van der Waals surface area contributed by atoms with Crippen LogP contribution in [0.3, 0.4) is 0 Å². The number of aromatic nitrogens is 3. The summed E-state index contributed by atoms with van der Waals surface area (Å²) in [5.41, 5.74) is 2.23. The van der Waals surface area contributed by atoms with Crippen LogP contribution in [0.2, 0.25) is 10.0 Å². The van der Waals surface area contributed by atoms with Gasteiger partial charge in [-0.05, 0) is 31.5 Å². The summed E-state index contributed by atoms with van der Waals surface area (Å²) in [7, 11) is 0. The molecule has 6 heteroatoms. The highest BCUT2D eigenvalue weighted by molar-refractivity contribution is 6.35. The van der Waals surface area contributed by atoms with E-state index in [0.717, 1.165) is 5.56 Å². The van der Waals surface area contributed by atoms with Crippen LogP contribution in [0.4, 0.5) is 0 Å². The van der Waals surface area contributed by atoms with Crippen molar-refractivity contribution >= 4 is 23.2 Å². The van der Waals surface area contributed by atoms with E-state index in [-0.39, 0.29) is 5.92 Å². The summed E-state index contributed by atoms with van der Waals surface area (Å²) >= 11 is 12.3. The van der Waals surface area contributed by atoms with Gasteiger partial charge in [0.15, 0.2) is 0 Å². The van der Waals surface area contributed by atoms with Crippen LogP contribution in [-0.2, 0) is 11.3 Å². The third-order valence-corrected chi connectivity index (χ3v) is 3.77. The van der Waals surface area contributed by atoms with E-state index in [4.69, 9.17) is 27.9 Å². The van der Waals surface area contributed by atoms with Gasteiger partial charge in [-0.15, -0.1) is 0 Å². The Balaban J connectivity index is 2.11. The predicted molar refractivity (Wildman–Crippen MR) is 89.5 cm³/mol. The van der Waals surface area contributed by atoms with E-state index < -0.39 is 0 Å². The van der Waals surface area contributed by atoms with Crippen LogP contribution in [-0.4, -0.2) is 28.0 Å². The van der Waals surface area contributed by atoms with Crippen LogP contribution < -0.4 is 0 Å². The maximum atomic E-state index is 6.33. The minimum absolute atomic E-state index is 0.0806. The lowest BCUT2D eigenvalue weighted by molar-refractivity contribution is 0.139. The first-order valence-electron chi connectivity index (χ1n) is 7.04. The van der Waals surface area contributed by atoms with E-state index in [1.807, 2.05) is 26.0 Å². The smallest absolute Gasteiger partial charge is 0.137 e. The second-order valence-corrected chi connectivity index (χ2v) is 6.14. The van der Waals surface area contributed by atoms with Gasteiger partial charge in [-0.2, -0.15) is 5.10 Å². The monoisotopic (exact) mass is 339 g/mol. The standard InChI is InChI=1S/C16H19Cl2N3O/c1-12(2)5-6-22-9-13(8-21-11-19-10-20-21)15-4-3-14(17)7-16(15)18/h3-5,7,10-11,13H,6,8-9H2,1-2H3. The third kappa shape index (κ3) is 5.13. The molecule has 0 N–H and O–H groups in total. The molecule has 0 bridgehead atoms. The summed E-state index contributed by atoms with van der Waals surface area (Å²) in [6, 6.07) is 5.53. The number of ether oxygens (including phenoxy) is 1. The first-order valence-corrected chi connectivity index (χ1v) is 7.80. The van der Waals surface area contributed by atoms with Crippen molar-refractivity contribution in [2.75, 3.05) is 13.2 Å². The van der Waals surface area contributed by atoms with E-state index in [1.165, 1.54) is 11.9 Å². The lowest BCUT2D eigenvalue weighted by Gasteiger charge is -2.18. The minimum atomic E-state index is 0.0806. The normalized spacial score (nSPS) is 12.2. The Morgan fingerprint density at radius 1 is 1.36 bits per heavy atom. The van der Waals surface area contributed by atoms with Gasteiger partial charge in [0.05, 0.1) is 19.8 Å². The molecule has 118 valence electrons. The van der Waals surface area contributed by atoms with Crippen LogP contribution in [0.15, 0.2) is 42.5 Å².